The van der Waals surface area contributed by atoms with Crippen molar-refractivity contribution >= 4 is 10.8 Å². The van der Waals surface area contributed by atoms with Crippen molar-refractivity contribution in [3.05, 3.63) is 83.3 Å². The van der Waals surface area contributed by atoms with E-state index in [1.54, 1.807) is 18.6 Å². The summed E-state index contributed by atoms with van der Waals surface area (Å²) in [4.78, 5) is 0.795. The molecule has 0 amide bonds. The van der Waals surface area contributed by atoms with E-state index >= 15 is 0 Å². The van der Waals surface area contributed by atoms with Crippen LogP contribution in [0.5, 0.6) is 5.75 Å². The summed E-state index contributed by atoms with van der Waals surface area (Å²) in [5.41, 5.74) is 3.17. The van der Waals surface area contributed by atoms with E-state index in [9.17, 15) is 4.21 Å². The molecule has 2 aromatic rings. The van der Waals surface area contributed by atoms with Gasteiger partial charge in [-0.05, 0) is 48.7 Å². The van der Waals surface area contributed by atoms with E-state index < -0.39 is 10.8 Å². The summed E-state index contributed by atoms with van der Waals surface area (Å²) in [5, 5.41) is 1.74. The Morgan fingerprint density at radius 2 is 1.80 bits per heavy atom. The molecule has 0 saturated heterocycles. The van der Waals surface area contributed by atoms with E-state index in [4.69, 9.17) is 9.47 Å². The highest BCUT2D eigenvalue weighted by Crippen LogP contribution is 2.15. The molecule has 0 aromatic heterocycles. The van der Waals surface area contributed by atoms with Crippen molar-refractivity contribution in [2.75, 3.05) is 13.7 Å². The molecule has 132 valence electrons. The van der Waals surface area contributed by atoms with Gasteiger partial charge in [-0.2, -0.15) is 0 Å². The highest BCUT2D eigenvalue weighted by molar-refractivity contribution is 7.88. The first-order valence-electron chi connectivity index (χ1n) is 8.13. The van der Waals surface area contributed by atoms with Crippen LogP contribution in [0, 0.1) is 6.92 Å². The molecule has 0 spiro atoms. The Bertz CT molecular complexity index is 731. The number of allylic oxidation sites excluding steroid dienone is 1. The maximum Gasteiger partial charge on any atom is 0.118 e. The lowest BCUT2D eigenvalue weighted by molar-refractivity contribution is 0.124. The topological polar surface area (TPSA) is 35.5 Å². The SMILES string of the molecule is C=C/C(=C/S(=O)c1ccc(C)cc1)CCOCc1ccc(OC)cc1. The van der Waals surface area contributed by atoms with Crippen LogP contribution < -0.4 is 4.74 Å². The smallest absolute Gasteiger partial charge is 0.118 e. The van der Waals surface area contributed by atoms with E-state index in [1.165, 1.54) is 0 Å². The molecular weight excluding hydrogens is 332 g/mol. The second-order valence-electron chi connectivity index (χ2n) is 5.66. The number of aryl methyl sites for hydroxylation is 1. The number of benzene rings is 2. The number of rotatable bonds is 9. The second-order valence-corrected chi connectivity index (χ2v) is 6.96. The standard InChI is InChI=1S/C21H24O3S/c1-4-18(16-25(22)21-11-5-17(2)6-12-21)13-14-24-15-19-7-9-20(23-3)10-8-19/h4-12,16H,1,13-15H2,2-3H3/b18-16-. The normalized spacial score (nSPS) is 12.6. The number of hydrogen-bond acceptors (Lipinski definition) is 3. The molecule has 0 aliphatic carbocycles. The molecular formula is C21H24O3S. The lowest BCUT2D eigenvalue weighted by Gasteiger charge is -2.07. The monoisotopic (exact) mass is 356 g/mol. The minimum absolute atomic E-state index is 0.537. The van der Waals surface area contributed by atoms with Gasteiger partial charge in [-0.1, -0.05) is 42.5 Å². The number of hydrogen-bond donors (Lipinski definition) is 0. The zero-order valence-corrected chi connectivity index (χ0v) is 15.6. The number of ether oxygens (including phenoxy) is 2. The van der Waals surface area contributed by atoms with Gasteiger partial charge < -0.3 is 9.47 Å². The van der Waals surface area contributed by atoms with Crippen LogP contribution in [-0.2, 0) is 22.1 Å². The lowest BCUT2D eigenvalue weighted by atomic mass is 10.2. The number of methoxy groups -OCH3 is 1. The zero-order valence-electron chi connectivity index (χ0n) is 14.7. The highest BCUT2D eigenvalue weighted by atomic mass is 32.2. The first kappa shape index (κ1) is 19.2. The third-order valence-electron chi connectivity index (χ3n) is 3.74. The molecule has 0 heterocycles. The molecule has 0 bridgehead atoms. The largest absolute Gasteiger partial charge is 0.497 e. The van der Waals surface area contributed by atoms with E-state index in [1.807, 2.05) is 55.5 Å². The second kappa shape index (κ2) is 9.97. The van der Waals surface area contributed by atoms with Gasteiger partial charge in [-0.25, -0.2) is 4.21 Å². The van der Waals surface area contributed by atoms with Crippen molar-refractivity contribution < 1.29 is 13.7 Å². The first-order chi connectivity index (χ1) is 12.1. The fourth-order valence-electron chi connectivity index (χ4n) is 2.19. The molecule has 2 aromatic carbocycles. The van der Waals surface area contributed by atoms with Gasteiger partial charge in [0.2, 0.25) is 0 Å². The van der Waals surface area contributed by atoms with Gasteiger partial charge in [0.05, 0.1) is 31.1 Å². The minimum atomic E-state index is -1.17. The van der Waals surface area contributed by atoms with E-state index in [0.717, 1.165) is 27.3 Å². The van der Waals surface area contributed by atoms with Crippen molar-refractivity contribution in [3.8, 4) is 5.75 Å². The van der Waals surface area contributed by atoms with E-state index in [0.29, 0.717) is 19.6 Å². The van der Waals surface area contributed by atoms with Gasteiger partial charge in [-0.15, -0.1) is 0 Å². The van der Waals surface area contributed by atoms with Crippen LogP contribution in [0.15, 0.2) is 77.1 Å². The van der Waals surface area contributed by atoms with Crippen molar-refractivity contribution in [1.82, 2.24) is 0 Å². The fourth-order valence-corrected chi connectivity index (χ4v) is 3.22. The summed E-state index contributed by atoms with van der Waals surface area (Å²) < 4.78 is 23.2. The summed E-state index contributed by atoms with van der Waals surface area (Å²) >= 11 is 0. The summed E-state index contributed by atoms with van der Waals surface area (Å²) in [6.07, 6.45) is 2.42. The average Bonchev–Trinajstić information content (AvgIpc) is 2.65. The predicted molar refractivity (Wildman–Crippen MR) is 103 cm³/mol. The molecule has 0 fully saturated rings. The van der Waals surface area contributed by atoms with Crippen LogP contribution in [0.1, 0.15) is 17.5 Å². The summed E-state index contributed by atoms with van der Waals surface area (Å²) in [6.45, 7) is 6.91. The predicted octanol–water partition coefficient (Wildman–Crippen LogP) is 4.79. The fraction of sp³-hybridized carbons (Fsp3) is 0.238. The molecule has 0 radical (unpaired) electrons. The molecule has 0 saturated carbocycles. The van der Waals surface area contributed by atoms with Crippen LogP contribution in [0.3, 0.4) is 0 Å². The molecule has 3 nitrogen and oxygen atoms in total. The Balaban J connectivity index is 1.83. The molecule has 2 rings (SSSR count). The van der Waals surface area contributed by atoms with Crippen molar-refractivity contribution in [2.24, 2.45) is 0 Å². The Morgan fingerprint density at radius 3 is 2.40 bits per heavy atom. The van der Waals surface area contributed by atoms with Crippen LogP contribution >= 0.6 is 0 Å². The highest BCUT2D eigenvalue weighted by Gasteiger charge is 2.03. The molecule has 25 heavy (non-hydrogen) atoms. The Morgan fingerprint density at radius 1 is 1.12 bits per heavy atom. The average molecular weight is 356 g/mol. The van der Waals surface area contributed by atoms with Crippen LogP contribution in [-0.4, -0.2) is 17.9 Å². The summed E-state index contributed by atoms with van der Waals surface area (Å²) in [5.74, 6) is 0.833. The van der Waals surface area contributed by atoms with Crippen molar-refractivity contribution in [1.29, 1.82) is 0 Å². The molecule has 0 N–H and O–H groups in total. The third-order valence-corrected chi connectivity index (χ3v) is 4.99. The zero-order chi connectivity index (χ0) is 18.1. The van der Waals surface area contributed by atoms with Crippen LogP contribution in [0.25, 0.3) is 0 Å². The molecule has 1 atom stereocenters. The summed E-state index contributed by atoms with van der Waals surface area (Å²) in [6, 6.07) is 15.5. The molecule has 4 heteroatoms. The van der Waals surface area contributed by atoms with E-state index in [-0.39, 0.29) is 0 Å². The lowest BCUT2D eigenvalue weighted by Crippen LogP contribution is -1.98. The van der Waals surface area contributed by atoms with Crippen LogP contribution in [0.4, 0.5) is 0 Å². The first-order valence-corrected chi connectivity index (χ1v) is 9.34. The molecule has 0 aliphatic rings. The Hall–Kier alpha value is -2.17. The Kier molecular flexibility index (Phi) is 7.64. The van der Waals surface area contributed by atoms with Crippen molar-refractivity contribution in [2.45, 2.75) is 24.8 Å². The minimum Gasteiger partial charge on any atom is -0.497 e. The van der Waals surface area contributed by atoms with Crippen molar-refractivity contribution in [3.63, 3.8) is 0 Å². The van der Waals surface area contributed by atoms with Gasteiger partial charge in [-0.3, -0.25) is 0 Å². The van der Waals surface area contributed by atoms with E-state index in [2.05, 4.69) is 6.58 Å². The van der Waals surface area contributed by atoms with Gasteiger partial charge in [0.15, 0.2) is 0 Å². The van der Waals surface area contributed by atoms with Gasteiger partial charge in [0.1, 0.15) is 5.75 Å². The molecule has 1 unspecified atom stereocenters. The summed E-state index contributed by atoms with van der Waals surface area (Å²) in [7, 11) is 0.478. The van der Waals surface area contributed by atoms with Gasteiger partial charge in [0, 0.05) is 10.3 Å². The molecule has 0 aliphatic heterocycles. The quantitative estimate of drug-likeness (QED) is 0.479. The van der Waals surface area contributed by atoms with Gasteiger partial charge in [0.25, 0.3) is 0 Å². The maximum atomic E-state index is 12.4. The van der Waals surface area contributed by atoms with Crippen LogP contribution in [0.2, 0.25) is 0 Å². The Labute approximate surface area is 152 Å². The van der Waals surface area contributed by atoms with Gasteiger partial charge >= 0.3 is 0 Å². The third kappa shape index (κ3) is 6.33. The maximum absolute atomic E-state index is 12.4.